The van der Waals surface area contributed by atoms with E-state index in [2.05, 4.69) is 10.6 Å². The van der Waals surface area contributed by atoms with E-state index in [1.54, 1.807) is 12.1 Å². The van der Waals surface area contributed by atoms with E-state index < -0.39 is 27.8 Å². The predicted octanol–water partition coefficient (Wildman–Crippen LogP) is 3.51. The number of carbonyl (C=O) groups excluding carboxylic acids is 1. The van der Waals surface area contributed by atoms with Crippen LogP contribution < -0.4 is 14.9 Å². The van der Waals surface area contributed by atoms with Crippen LogP contribution in [-0.2, 0) is 10.0 Å². The summed E-state index contributed by atoms with van der Waals surface area (Å²) in [7, 11) is -2.26. The minimum Gasteiger partial charge on any atom is -0.465 e. The minimum absolute atomic E-state index is 0.104. The van der Waals surface area contributed by atoms with Gasteiger partial charge in [-0.05, 0) is 54.7 Å². The molecule has 0 bridgehead atoms. The van der Waals surface area contributed by atoms with Gasteiger partial charge in [0.1, 0.15) is 17.2 Å². The molecule has 2 amide bonds. The zero-order chi connectivity index (χ0) is 24.6. The molecule has 0 aliphatic heterocycles. The third kappa shape index (κ3) is 4.69. The number of amides is 2. The Bertz CT molecular complexity index is 1360. The highest BCUT2D eigenvalue weighted by Crippen LogP contribution is 2.48. The zero-order valence-electron chi connectivity index (χ0n) is 18.6. The summed E-state index contributed by atoms with van der Waals surface area (Å²) in [5, 5.41) is 14.2. The molecule has 1 aromatic heterocycles. The van der Waals surface area contributed by atoms with Crippen molar-refractivity contribution in [2.24, 2.45) is 0 Å². The summed E-state index contributed by atoms with van der Waals surface area (Å²) in [6.45, 7) is -0.211. The fourth-order valence-electron chi connectivity index (χ4n) is 3.97. The number of sulfonamides is 1. The smallest absolute Gasteiger partial charge is 0.404 e. The summed E-state index contributed by atoms with van der Waals surface area (Å²) in [5.74, 6) is -0.471. The van der Waals surface area contributed by atoms with E-state index in [9.17, 15) is 22.4 Å². The van der Waals surface area contributed by atoms with Gasteiger partial charge >= 0.3 is 6.09 Å². The van der Waals surface area contributed by atoms with Crippen LogP contribution in [0.4, 0.5) is 14.9 Å². The van der Waals surface area contributed by atoms with E-state index in [0.717, 1.165) is 29.0 Å². The Kier molecular flexibility index (Phi) is 6.22. The second kappa shape index (κ2) is 8.98. The second-order valence-electron chi connectivity index (χ2n) is 8.14. The first-order chi connectivity index (χ1) is 16.1. The number of rotatable bonds is 8. The lowest BCUT2D eigenvalue weighted by atomic mass is 10.0. The number of nitrogens with one attached hydrogen (secondary N) is 2. The number of hydrogen-bond acceptors (Lipinski definition) is 5. The molecule has 2 aromatic carbocycles. The Morgan fingerprint density at radius 1 is 1.21 bits per heavy atom. The average molecular weight is 490 g/mol. The monoisotopic (exact) mass is 489 g/mol. The largest absolute Gasteiger partial charge is 0.465 e. The van der Waals surface area contributed by atoms with Crippen molar-refractivity contribution in [1.82, 2.24) is 10.6 Å². The van der Waals surface area contributed by atoms with Crippen LogP contribution in [-0.4, -0.2) is 51.9 Å². The Morgan fingerprint density at radius 3 is 2.44 bits per heavy atom. The van der Waals surface area contributed by atoms with Gasteiger partial charge in [0.25, 0.3) is 5.91 Å². The maximum atomic E-state index is 13.5. The Labute approximate surface area is 195 Å². The van der Waals surface area contributed by atoms with Crippen molar-refractivity contribution in [3.8, 4) is 11.3 Å². The molecule has 0 unspecified atom stereocenters. The van der Waals surface area contributed by atoms with E-state index >= 15 is 0 Å². The first kappa shape index (κ1) is 23.6. The van der Waals surface area contributed by atoms with Gasteiger partial charge in [0.05, 0.1) is 24.1 Å². The van der Waals surface area contributed by atoms with Crippen molar-refractivity contribution in [2.45, 2.75) is 18.8 Å². The second-order valence-corrected chi connectivity index (χ2v) is 10.0. The molecule has 34 heavy (non-hydrogen) atoms. The van der Waals surface area contributed by atoms with Crippen molar-refractivity contribution in [2.75, 3.05) is 30.7 Å². The quantitative estimate of drug-likeness (QED) is 0.444. The number of benzene rings is 2. The Balaban J connectivity index is 1.92. The number of hydrogen-bond donors (Lipinski definition) is 3. The highest BCUT2D eigenvalue weighted by Gasteiger charge is 2.33. The van der Waals surface area contributed by atoms with E-state index in [1.165, 1.54) is 31.3 Å². The van der Waals surface area contributed by atoms with Gasteiger partial charge in [-0.2, -0.15) is 0 Å². The number of anilines is 1. The van der Waals surface area contributed by atoms with Crippen molar-refractivity contribution >= 4 is 38.7 Å². The van der Waals surface area contributed by atoms with Gasteiger partial charge in [0.15, 0.2) is 0 Å². The lowest BCUT2D eigenvalue weighted by Gasteiger charge is -2.25. The molecular formula is C23H24FN3O6S. The SMILES string of the molecule is CNC(=O)c1c(-c2ccc(F)cc2)oc2cc(N(CCNC(=O)O)S(C)(=O)=O)c(C3CC3)cc12. The molecule has 0 saturated heterocycles. The Morgan fingerprint density at radius 2 is 1.88 bits per heavy atom. The highest BCUT2D eigenvalue weighted by molar-refractivity contribution is 7.92. The fraction of sp³-hybridized carbons (Fsp3) is 0.304. The molecular weight excluding hydrogens is 465 g/mol. The first-order valence-corrected chi connectivity index (χ1v) is 12.5. The van der Waals surface area contributed by atoms with Crippen molar-refractivity contribution in [3.63, 3.8) is 0 Å². The van der Waals surface area contributed by atoms with Gasteiger partial charge in [0.2, 0.25) is 10.0 Å². The van der Waals surface area contributed by atoms with Crippen LogP contribution >= 0.6 is 0 Å². The molecule has 4 rings (SSSR count). The van der Waals surface area contributed by atoms with Crippen LogP contribution in [0.25, 0.3) is 22.3 Å². The normalized spacial score (nSPS) is 13.6. The minimum atomic E-state index is -3.76. The molecule has 3 aromatic rings. The van der Waals surface area contributed by atoms with Gasteiger partial charge in [-0.15, -0.1) is 0 Å². The highest BCUT2D eigenvalue weighted by atomic mass is 32.2. The van der Waals surface area contributed by atoms with E-state index in [0.29, 0.717) is 16.6 Å². The van der Waals surface area contributed by atoms with Crippen LogP contribution in [0.2, 0.25) is 0 Å². The number of nitrogens with zero attached hydrogens (tertiary/aromatic N) is 1. The molecule has 3 N–H and O–H groups in total. The van der Waals surface area contributed by atoms with Gasteiger partial charge in [-0.3, -0.25) is 9.10 Å². The van der Waals surface area contributed by atoms with Crippen LogP contribution in [0.5, 0.6) is 0 Å². The number of carboxylic acid groups (broad SMARTS) is 1. The molecule has 180 valence electrons. The maximum Gasteiger partial charge on any atom is 0.404 e. The molecule has 9 nitrogen and oxygen atoms in total. The number of carbonyl (C=O) groups is 2. The predicted molar refractivity (Wildman–Crippen MR) is 125 cm³/mol. The van der Waals surface area contributed by atoms with Crippen LogP contribution in [0.3, 0.4) is 0 Å². The first-order valence-electron chi connectivity index (χ1n) is 10.6. The lowest BCUT2D eigenvalue weighted by molar-refractivity contribution is 0.0964. The molecule has 1 saturated carbocycles. The van der Waals surface area contributed by atoms with Crippen LogP contribution in [0.1, 0.15) is 34.7 Å². The Hall–Kier alpha value is -3.60. The van der Waals surface area contributed by atoms with Gasteiger partial charge in [-0.1, -0.05) is 0 Å². The lowest BCUT2D eigenvalue weighted by Crippen LogP contribution is -2.38. The standard InChI is InChI=1S/C23H24FN3O6S/c1-25-22(28)20-17-11-16(13-3-4-13)18(27(34(2,31)32)10-9-26-23(29)30)12-19(17)33-21(20)14-5-7-15(24)8-6-14/h5-8,11-13,26H,3-4,9-10H2,1-2H3,(H,25,28)(H,29,30). The summed E-state index contributed by atoms with van der Waals surface area (Å²) >= 11 is 0. The third-order valence-corrected chi connectivity index (χ3v) is 6.86. The molecule has 1 aliphatic rings. The summed E-state index contributed by atoms with van der Waals surface area (Å²) in [6.07, 6.45) is 1.52. The van der Waals surface area contributed by atoms with Gasteiger partial charge in [0, 0.05) is 30.6 Å². The number of fused-ring (bicyclic) bond motifs is 1. The molecule has 0 radical (unpaired) electrons. The van der Waals surface area contributed by atoms with Crippen LogP contribution in [0.15, 0.2) is 40.8 Å². The van der Waals surface area contributed by atoms with Gasteiger partial charge < -0.3 is 20.2 Å². The molecule has 0 atom stereocenters. The number of halogens is 1. The average Bonchev–Trinajstić information content (AvgIpc) is 3.55. The fourth-order valence-corrected chi connectivity index (χ4v) is 4.91. The summed E-state index contributed by atoms with van der Waals surface area (Å²) in [6, 6.07) is 8.87. The van der Waals surface area contributed by atoms with E-state index in [-0.39, 0.29) is 35.9 Å². The summed E-state index contributed by atoms with van der Waals surface area (Å²) in [5.41, 5.74) is 2.18. The molecule has 1 aliphatic carbocycles. The number of furan rings is 1. The van der Waals surface area contributed by atoms with Crippen molar-refractivity contribution in [3.05, 3.63) is 53.3 Å². The van der Waals surface area contributed by atoms with Crippen LogP contribution in [0, 0.1) is 5.82 Å². The maximum absolute atomic E-state index is 13.5. The van der Waals surface area contributed by atoms with Crippen molar-refractivity contribution in [1.29, 1.82) is 0 Å². The van der Waals surface area contributed by atoms with E-state index in [1.807, 2.05) is 0 Å². The van der Waals surface area contributed by atoms with Gasteiger partial charge in [-0.25, -0.2) is 17.6 Å². The zero-order valence-corrected chi connectivity index (χ0v) is 19.4. The van der Waals surface area contributed by atoms with Crippen molar-refractivity contribution < 1.29 is 31.9 Å². The molecule has 11 heteroatoms. The summed E-state index contributed by atoms with van der Waals surface area (Å²) < 4.78 is 45.9. The third-order valence-electron chi connectivity index (χ3n) is 5.68. The van der Waals surface area contributed by atoms with E-state index in [4.69, 9.17) is 9.52 Å². The molecule has 1 heterocycles. The molecule has 0 spiro atoms. The summed E-state index contributed by atoms with van der Waals surface area (Å²) in [4.78, 5) is 23.7. The molecule has 1 fully saturated rings. The topological polar surface area (TPSA) is 129 Å².